The Kier molecular flexibility index (Phi) is 3.20. The summed E-state index contributed by atoms with van der Waals surface area (Å²) < 4.78 is 0. The molecule has 1 heteroatoms. The van der Waals surface area contributed by atoms with E-state index in [-0.39, 0.29) is 0 Å². The Balaban J connectivity index is 2.00. The summed E-state index contributed by atoms with van der Waals surface area (Å²) in [5.41, 5.74) is 6.46. The van der Waals surface area contributed by atoms with E-state index in [1.165, 1.54) is 21.9 Å². The van der Waals surface area contributed by atoms with Crippen LogP contribution in [0.3, 0.4) is 0 Å². The second-order valence-corrected chi connectivity index (χ2v) is 5.86. The van der Waals surface area contributed by atoms with Crippen LogP contribution in [0.2, 0.25) is 0 Å². The van der Waals surface area contributed by atoms with E-state index in [9.17, 15) is 0 Å². The fraction of sp³-hybridized carbons (Fsp3) is 0.0455. The summed E-state index contributed by atoms with van der Waals surface area (Å²) in [4.78, 5) is 5.03. The zero-order chi connectivity index (χ0) is 15.8. The zero-order valence-corrected chi connectivity index (χ0v) is 13.1. The number of fused-ring (bicyclic) bond motifs is 2. The first-order valence-electron chi connectivity index (χ1n) is 7.78. The Hall–Kier alpha value is -2.93. The highest BCUT2D eigenvalue weighted by Crippen LogP contribution is 2.32. The summed E-state index contributed by atoms with van der Waals surface area (Å²) in [6.07, 6.45) is 4.15. The molecular formula is C22H17N. The topological polar surface area (TPSA) is 12.4 Å². The van der Waals surface area contributed by atoms with Gasteiger partial charge in [0.25, 0.3) is 0 Å². The first-order valence-corrected chi connectivity index (χ1v) is 7.78. The van der Waals surface area contributed by atoms with Crippen LogP contribution in [0.5, 0.6) is 0 Å². The van der Waals surface area contributed by atoms with Crippen molar-refractivity contribution >= 4 is 28.2 Å². The highest BCUT2D eigenvalue weighted by molar-refractivity contribution is 6.19. The quantitative estimate of drug-likeness (QED) is 0.534. The van der Waals surface area contributed by atoms with Crippen molar-refractivity contribution < 1.29 is 0 Å². The largest absolute Gasteiger partial charge is 0.247 e. The van der Waals surface area contributed by atoms with Crippen molar-refractivity contribution in [1.82, 2.24) is 0 Å². The second-order valence-electron chi connectivity index (χ2n) is 5.86. The van der Waals surface area contributed by atoms with Gasteiger partial charge in [-0.2, -0.15) is 0 Å². The van der Waals surface area contributed by atoms with Crippen LogP contribution in [-0.4, -0.2) is 5.71 Å². The third-order valence-electron chi connectivity index (χ3n) is 4.31. The Bertz CT molecular complexity index is 990. The van der Waals surface area contributed by atoms with Crippen LogP contribution in [0.25, 0.3) is 16.8 Å². The number of aryl methyl sites for hydroxylation is 1. The van der Waals surface area contributed by atoms with Crippen LogP contribution in [0.1, 0.15) is 16.7 Å². The number of benzene rings is 3. The summed E-state index contributed by atoms with van der Waals surface area (Å²) in [6, 6.07) is 21.0. The number of hydrogen-bond donors (Lipinski definition) is 0. The lowest BCUT2D eigenvalue weighted by atomic mass is 9.92. The average Bonchev–Trinajstić information content (AvgIpc) is 2.59. The predicted molar refractivity (Wildman–Crippen MR) is 99.5 cm³/mol. The number of nitrogens with zero attached hydrogens (tertiary/aromatic N) is 1. The van der Waals surface area contributed by atoms with Crippen molar-refractivity contribution in [2.45, 2.75) is 6.92 Å². The van der Waals surface area contributed by atoms with Crippen molar-refractivity contribution in [2.24, 2.45) is 4.99 Å². The SMILES string of the molecule is C=C1C=Cc2ccccc2C1=Nc1c(C)ccc2ccccc12. The van der Waals surface area contributed by atoms with Crippen LogP contribution in [0, 0.1) is 6.92 Å². The van der Waals surface area contributed by atoms with E-state index in [0.717, 1.165) is 22.5 Å². The Morgan fingerprint density at radius 3 is 2.52 bits per heavy atom. The van der Waals surface area contributed by atoms with Crippen LogP contribution in [0.15, 0.2) is 83.9 Å². The molecule has 0 saturated heterocycles. The van der Waals surface area contributed by atoms with Gasteiger partial charge in [0, 0.05) is 10.9 Å². The van der Waals surface area contributed by atoms with E-state index < -0.39 is 0 Å². The first-order chi connectivity index (χ1) is 11.2. The van der Waals surface area contributed by atoms with Crippen molar-refractivity contribution in [1.29, 1.82) is 0 Å². The van der Waals surface area contributed by atoms with E-state index in [0.29, 0.717) is 0 Å². The Morgan fingerprint density at radius 1 is 0.826 bits per heavy atom. The van der Waals surface area contributed by atoms with Crippen LogP contribution >= 0.6 is 0 Å². The van der Waals surface area contributed by atoms with Gasteiger partial charge in [0.2, 0.25) is 0 Å². The van der Waals surface area contributed by atoms with Gasteiger partial charge in [-0.05, 0) is 29.0 Å². The molecule has 3 aromatic carbocycles. The molecule has 0 unspecified atom stereocenters. The van der Waals surface area contributed by atoms with Gasteiger partial charge < -0.3 is 0 Å². The molecule has 0 amide bonds. The maximum atomic E-state index is 5.03. The van der Waals surface area contributed by atoms with Gasteiger partial charge in [-0.25, -0.2) is 4.99 Å². The summed E-state index contributed by atoms with van der Waals surface area (Å²) in [6.45, 7) is 6.29. The van der Waals surface area contributed by atoms with E-state index in [1.54, 1.807) is 0 Å². The first kappa shape index (κ1) is 13.7. The molecule has 0 saturated carbocycles. The summed E-state index contributed by atoms with van der Waals surface area (Å²) in [7, 11) is 0. The van der Waals surface area contributed by atoms with Gasteiger partial charge in [-0.1, -0.05) is 79.4 Å². The third-order valence-corrected chi connectivity index (χ3v) is 4.31. The molecule has 0 fully saturated rings. The lowest BCUT2D eigenvalue weighted by Gasteiger charge is -2.16. The molecule has 1 aliphatic rings. The number of hydrogen-bond acceptors (Lipinski definition) is 1. The standard InChI is InChI=1S/C22H17N/c1-15-11-13-17-7-3-5-9-19(17)21(15)23-22-16(2)12-14-18-8-4-6-10-20(18)22/h3-14H,1H2,2H3. The molecule has 0 spiro atoms. The van der Waals surface area contributed by atoms with E-state index in [1.807, 2.05) is 6.08 Å². The minimum atomic E-state index is 0.955. The second kappa shape index (κ2) is 5.36. The number of aliphatic imine (C=N–C) groups is 1. The monoisotopic (exact) mass is 295 g/mol. The molecule has 3 aromatic rings. The van der Waals surface area contributed by atoms with Gasteiger partial charge >= 0.3 is 0 Å². The molecule has 1 nitrogen and oxygen atoms in total. The third kappa shape index (κ3) is 2.31. The molecule has 4 rings (SSSR count). The van der Waals surface area contributed by atoms with Crippen molar-refractivity contribution in [3.63, 3.8) is 0 Å². The maximum absolute atomic E-state index is 5.03. The highest BCUT2D eigenvalue weighted by atomic mass is 14.8. The molecule has 0 aliphatic heterocycles. The van der Waals surface area contributed by atoms with Crippen molar-refractivity contribution in [2.75, 3.05) is 0 Å². The van der Waals surface area contributed by atoms with Gasteiger partial charge in [-0.3, -0.25) is 0 Å². The number of rotatable bonds is 1. The number of allylic oxidation sites excluding steroid dienone is 2. The van der Waals surface area contributed by atoms with Gasteiger partial charge in [0.15, 0.2) is 0 Å². The molecule has 0 aromatic heterocycles. The molecule has 23 heavy (non-hydrogen) atoms. The van der Waals surface area contributed by atoms with Gasteiger partial charge in [-0.15, -0.1) is 0 Å². The van der Waals surface area contributed by atoms with Crippen LogP contribution in [-0.2, 0) is 0 Å². The normalized spacial score (nSPS) is 15.2. The smallest absolute Gasteiger partial charge is 0.0781 e. The summed E-state index contributed by atoms with van der Waals surface area (Å²) in [5, 5.41) is 2.39. The lowest BCUT2D eigenvalue weighted by Crippen LogP contribution is -2.08. The van der Waals surface area contributed by atoms with Crippen LogP contribution < -0.4 is 0 Å². The molecule has 1 aliphatic carbocycles. The van der Waals surface area contributed by atoms with E-state index >= 15 is 0 Å². The molecule has 0 bridgehead atoms. The zero-order valence-electron chi connectivity index (χ0n) is 13.1. The average molecular weight is 295 g/mol. The van der Waals surface area contributed by atoms with E-state index in [2.05, 4.69) is 80.2 Å². The van der Waals surface area contributed by atoms with Gasteiger partial charge in [0.05, 0.1) is 11.4 Å². The fourth-order valence-electron chi connectivity index (χ4n) is 3.06. The molecular weight excluding hydrogens is 278 g/mol. The summed E-state index contributed by atoms with van der Waals surface area (Å²) >= 11 is 0. The minimum absolute atomic E-state index is 0.955. The fourth-order valence-corrected chi connectivity index (χ4v) is 3.06. The maximum Gasteiger partial charge on any atom is 0.0781 e. The lowest BCUT2D eigenvalue weighted by molar-refractivity contribution is 1.41. The minimum Gasteiger partial charge on any atom is -0.247 e. The molecule has 0 N–H and O–H groups in total. The summed E-state index contributed by atoms with van der Waals surface area (Å²) in [5.74, 6) is 0. The van der Waals surface area contributed by atoms with Crippen molar-refractivity contribution in [3.05, 3.63) is 95.6 Å². The van der Waals surface area contributed by atoms with Gasteiger partial charge in [0.1, 0.15) is 0 Å². The molecule has 0 heterocycles. The molecule has 0 atom stereocenters. The van der Waals surface area contributed by atoms with Crippen LogP contribution in [0.4, 0.5) is 5.69 Å². The van der Waals surface area contributed by atoms with E-state index in [4.69, 9.17) is 4.99 Å². The molecule has 0 radical (unpaired) electrons. The predicted octanol–water partition coefficient (Wildman–Crippen LogP) is 5.85. The van der Waals surface area contributed by atoms with Crippen molar-refractivity contribution in [3.8, 4) is 0 Å². The highest BCUT2D eigenvalue weighted by Gasteiger charge is 2.15. The Labute approximate surface area is 136 Å². The Morgan fingerprint density at radius 2 is 1.61 bits per heavy atom. The molecule has 110 valence electrons.